The fraction of sp³-hybridized carbons (Fsp3) is 0.583. The van der Waals surface area contributed by atoms with E-state index in [1.165, 1.54) is 11.3 Å². The predicted molar refractivity (Wildman–Crippen MR) is 64.5 cm³/mol. The van der Waals surface area contributed by atoms with Gasteiger partial charge >= 0.3 is 0 Å². The van der Waals surface area contributed by atoms with E-state index in [0.717, 1.165) is 18.5 Å². The van der Waals surface area contributed by atoms with Gasteiger partial charge in [-0.3, -0.25) is 4.68 Å². The van der Waals surface area contributed by atoms with Crippen LogP contribution < -0.4 is 5.73 Å². The number of aryl methyl sites for hydroxylation is 1. The van der Waals surface area contributed by atoms with Gasteiger partial charge in [-0.25, -0.2) is 0 Å². The van der Waals surface area contributed by atoms with Crippen LogP contribution in [0.25, 0.3) is 6.08 Å². The summed E-state index contributed by atoms with van der Waals surface area (Å²) in [5, 5.41) is 4.56. The molecule has 0 fully saturated rings. The quantitative estimate of drug-likeness (QED) is 0.824. The van der Waals surface area contributed by atoms with Crippen LogP contribution in [0.2, 0.25) is 0 Å². The first-order valence-electron chi connectivity index (χ1n) is 5.55. The van der Waals surface area contributed by atoms with Crippen molar-refractivity contribution >= 4 is 6.08 Å². The standard InChI is InChI=1S/C12H21N3/c1-5-6-10-11(7-8-13)15(4)14-12(10)9(2)3/h7-9H,5-6,13H2,1-4H3/b8-7-. The summed E-state index contributed by atoms with van der Waals surface area (Å²) in [6.07, 6.45) is 5.72. The average molecular weight is 207 g/mol. The summed E-state index contributed by atoms with van der Waals surface area (Å²) in [4.78, 5) is 0. The maximum atomic E-state index is 5.46. The van der Waals surface area contributed by atoms with E-state index >= 15 is 0 Å². The van der Waals surface area contributed by atoms with Gasteiger partial charge in [-0.15, -0.1) is 0 Å². The molecule has 1 aromatic heterocycles. The van der Waals surface area contributed by atoms with E-state index < -0.39 is 0 Å². The largest absolute Gasteiger partial charge is 0.405 e. The molecule has 0 unspecified atom stereocenters. The predicted octanol–water partition coefficient (Wildman–Crippen LogP) is 2.43. The molecule has 1 rings (SSSR count). The SMILES string of the molecule is CCCc1c(C(C)C)nn(C)c1/C=C\N. The zero-order valence-electron chi connectivity index (χ0n) is 10.1. The van der Waals surface area contributed by atoms with Crippen LogP contribution in [0.4, 0.5) is 0 Å². The van der Waals surface area contributed by atoms with Gasteiger partial charge in [0.05, 0.1) is 11.4 Å². The molecule has 0 saturated heterocycles. The highest BCUT2D eigenvalue weighted by Crippen LogP contribution is 2.23. The van der Waals surface area contributed by atoms with Gasteiger partial charge in [0.1, 0.15) is 0 Å². The molecule has 0 saturated carbocycles. The van der Waals surface area contributed by atoms with Crippen molar-refractivity contribution in [2.24, 2.45) is 12.8 Å². The van der Waals surface area contributed by atoms with Crippen molar-refractivity contribution in [1.82, 2.24) is 9.78 Å². The van der Waals surface area contributed by atoms with E-state index in [4.69, 9.17) is 5.73 Å². The zero-order valence-corrected chi connectivity index (χ0v) is 10.1. The van der Waals surface area contributed by atoms with E-state index in [-0.39, 0.29) is 0 Å². The van der Waals surface area contributed by atoms with Crippen LogP contribution in [0.5, 0.6) is 0 Å². The summed E-state index contributed by atoms with van der Waals surface area (Å²) in [6.45, 7) is 6.54. The third-order valence-corrected chi connectivity index (χ3v) is 2.53. The molecule has 0 spiro atoms. The smallest absolute Gasteiger partial charge is 0.0688 e. The van der Waals surface area contributed by atoms with Gasteiger partial charge in [-0.05, 0) is 24.6 Å². The monoisotopic (exact) mass is 207 g/mol. The molecule has 0 aliphatic rings. The van der Waals surface area contributed by atoms with E-state index in [9.17, 15) is 0 Å². The van der Waals surface area contributed by atoms with Gasteiger partial charge < -0.3 is 5.73 Å². The first-order chi connectivity index (χ1) is 7.11. The summed E-state index contributed by atoms with van der Waals surface area (Å²) in [5.41, 5.74) is 9.15. The Labute approximate surface area is 92.0 Å². The molecule has 0 aromatic carbocycles. The lowest BCUT2D eigenvalue weighted by Crippen LogP contribution is -1.95. The Bertz CT molecular complexity index is 348. The number of rotatable bonds is 4. The molecule has 0 aliphatic carbocycles. The van der Waals surface area contributed by atoms with Gasteiger partial charge in [0.25, 0.3) is 0 Å². The molecule has 3 nitrogen and oxygen atoms in total. The third-order valence-electron chi connectivity index (χ3n) is 2.53. The summed E-state index contributed by atoms with van der Waals surface area (Å²) in [5.74, 6) is 0.470. The average Bonchev–Trinajstić information content (AvgIpc) is 2.47. The molecule has 2 N–H and O–H groups in total. The second kappa shape index (κ2) is 5.01. The Kier molecular flexibility index (Phi) is 3.95. The lowest BCUT2D eigenvalue weighted by atomic mass is 10.0. The van der Waals surface area contributed by atoms with Crippen LogP contribution in [0.1, 0.15) is 50.1 Å². The number of nitrogens with zero attached hydrogens (tertiary/aromatic N) is 2. The van der Waals surface area contributed by atoms with Crippen LogP contribution in [0, 0.1) is 0 Å². The molecule has 1 aromatic rings. The Morgan fingerprint density at radius 1 is 1.47 bits per heavy atom. The van der Waals surface area contributed by atoms with E-state index in [0.29, 0.717) is 5.92 Å². The van der Waals surface area contributed by atoms with E-state index in [1.54, 1.807) is 6.20 Å². The minimum atomic E-state index is 0.470. The van der Waals surface area contributed by atoms with E-state index in [2.05, 4.69) is 25.9 Å². The molecule has 0 amide bonds. The summed E-state index contributed by atoms with van der Waals surface area (Å²) in [7, 11) is 1.97. The Morgan fingerprint density at radius 3 is 2.60 bits per heavy atom. The highest BCUT2D eigenvalue weighted by Gasteiger charge is 2.15. The number of hydrogen-bond donors (Lipinski definition) is 1. The van der Waals surface area contributed by atoms with Crippen LogP contribution in [0.3, 0.4) is 0 Å². The van der Waals surface area contributed by atoms with Crippen LogP contribution in [-0.2, 0) is 13.5 Å². The van der Waals surface area contributed by atoms with Gasteiger partial charge in [0.2, 0.25) is 0 Å². The number of nitrogens with two attached hydrogens (primary N) is 1. The summed E-state index contributed by atoms with van der Waals surface area (Å²) < 4.78 is 1.92. The van der Waals surface area contributed by atoms with Gasteiger partial charge in [0, 0.05) is 12.6 Å². The highest BCUT2D eigenvalue weighted by molar-refractivity contribution is 5.51. The minimum Gasteiger partial charge on any atom is -0.405 e. The van der Waals surface area contributed by atoms with Crippen LogP contribution in [-0.4, -0.2) is 9.78 Å². The van der Waals surface area contributed by atoms with Crippen LogP contribution >= 0.6 is 0 Å². The maximum Gasteiger partial charge on any atom is 0.0688 e. The molecule has 0 atom stereocenters. The van der Waals surface area contributed by atoms with Crippen molar-refractivity contribution in [3.05, 3.63) is 23.2 Å². The lowest BCUT2D eigenvalue weighted by molar-refractivity contribution is 0.707. The second-order valence-corrected chi connectivity index (χ2v) is 4.14. The second-order valence-electron chi connectivity index (χ2n) is 4.14. The molecular formula is C12H21N3. The van der Waals surface area contributed by atoms with Crippen molar-refractivity contribution in [2.45, 2.75) is 39.5 Å². The number of hydrogen-bond acceptors (Lipinski definition) is 2. The molecular weight excluding hydrogens is 186 g/mol. The van der Waals surface area contributed by atoms with Gasteiger partial charge in [0.15, 0.2) is 0 Å². The molecule has 0 radical (unpaired) electrons. The lowest BCUT2D eigenvalue weighted by Gasteiger charge is -2.04. The van der Waals surface area contributed by atoms with Crippen molar-refractivity contribution in [2.75, 3.05) is 0 Å². The summed E-state index contributed by atoms with van der Waals surface area (Å²) in [6, 6.07) is 0. The zero-order chi connectivity index (χ0) is 11.4. The van der Waals surface area contributed by atoms with Gasteiger partial charge in [-0.1, -0.05) is 27.2 Å². The topological polar surface area (TPSA) is 43.8 Å². The first kappa shape index (κ1) is 11.8. The number of aromatic nitrogens is 2. The fourth-order valence-corrected chi connectivity index (χ4v) is 1.87. The molecule has 0 aliphatic heterocycles. The Hall–Kier alpha value is -1.25. The Morgan fingerprint density at radius 2 is 2.13 bits per heavy atom. The van der Waals surface area contributed by atoms with E-state index in [1.807, 2.05) is 17.8 Å². The molecule has 84 valence electrons. The van der Waals surface area contributed by atoms with Gasteiger partial charge in [-0.2, -0.15) is 5.10 Å². The third kappa shape index (κ3) is 2.41. The fourth-order valence-electron chi connectivity index (χ4n) is 1.87. The van der Waals surface area contributed by atoms with Crippen molar-refractivity contribution in [1.29, 1.82) is 0 Å². The molecule has 0 bridgehead atoms. The van der Waals surface area contributed by atoms with Crippen LogP contribution in [0.15, 0.2) is 6.20 Å². The highest BCUT2D eigenvalue weighted by atomic mass is 15.3. The normalized spacial score (nSPS) is 11.8. The Balaban J connectivity index is 3.23. The van der Waals surface area contributed by atoms with Crippen molar-refractivity contribution in [3.63, 3.8) is 0 Å². The minimum absolute atomic E-state index is 0.470. The molecule has 1 heterocycles. The first-order valence-corrected chi connectivity index (χ1v) is 5.55. The molecule has 15 heavy (non-hydrogen) atoms. The molecule has 3 heteroatoms. The maximum absolute atomic E-state index is 5.46. The van der Waals surface area contributed by atoms with Crippen molar-refractivity contribution < 1.29 is 0 Å². The van der Waals surface area contributed by atoms with Crippen molar-refractivity contribution in [3.8, 4) is 0 Å². The summed E-state index contributed by atoms with van der Waals surface area (Å²) >= 11 is 0.